The quantitative estimate of drug-likeness (QED) is 0.815. The summed E-state index contributed by atoms with van der Waals surface area (Å²) in [4.78, 5) is 0. The molecule has 0 radical (unpaired) electrons. The molecule has 1 saturated carbocycles. The van der Waals surface area contributed by atoms with E-state index in [1.54, 1.807) is 0 Å². The van der Waals surface area contributed by atoms with Gasteiger partial charge in [0, 0.05) is 12.6 Å². The predicted octanol–water partition coefficient (Wildman–Crippen LogP) is 3.36. The molecule has 1 heterocycles. The van der Waals surface area contributed by atoms with Crippen molar-refractivity contribution in [3.8, 4) is 0 Å². The Labute approximate surface area is 107 Å². The van der Waals surface area contributed by atoms with Crippen LogP contribution in [0.2, 0.25) is 0 Å². The normalized spacial score (nSPS) is 38.8. The molecule has 2 heteroatoms. The Morgan fingerprint density at radius 3 is 2.82 bits per heavy atom. The Morgan fingerprint density at radius 1 is 1.29 bits per heavy atom. The monoisotopic (exact) mass is 239 g/mol. The summed E-state index contributed by atoms with van der Waals surface area (Å²) in [6.07, 6.45) is 7.86. The van der Waals surface area contributed by atoms with Crippen molar-refractivity contribution in [1.82, 2.24) is 5.32 Å². The first-order chi connectivity index (χ1) is 8.18. The van der Waals surface area contributed by atoms with Gasteiger partial charge in [0.1, 0.15) is 0 Å². The van der Waals surface area contributed by atoms with E-state index < -0.39 is 0 Å². The maximum absolute atomic E-state index is 6.32. The minimum absolute atomic E-state index is 0.206. The Balaban J connectivity index is 2.08. The zero-order chi connectivity index (χ0) is 12.3. The summed E-state index contributed by atoms with van der Waals surface area (Å²) in [5, 5.41) is 3.64. The Hall–Kier alpha value is -0.0800. The molecule has 0 amide bonds. The van der Waals surface area contributed by atoms with Gasteiger partial charge in [0.2, 0.25) is 0 Å². The van der Waals surface area contributed by atoms with Crippen LogP contribution in [0.25, 0.3) is 0 Å². The Kier molecular flexibility index (Phi) is 4.48. The molecule has 1 spiro atoms. The summed E-state index contributed by atoms with van der Waals surface area (Å²) in [6.45, 7) is 9.01. The van der Waals surface area contributed by atoms with Crippen LogP contribution in [0.4, 0.5) is 0 Å². The van der Waals surface area contributed by atoms with E-state index in [1.807, 2.05) is 0 Å². The summed E-state index contributed by atoms with van der Waals surface area (Å²) in [6, 6.07) is 0.688. The van der Waals surface area contributed by atoms with Crippen LogP contribution in [0.1, 0.15) is 59.3 Å². The molecule has 0 bridgehead atoms. The van der Waals surface area contributed by atoms with E-state index in [0.717, 1.165) is 25.0 Å². The van der Waals surface area contributed by atoms with E-state index in [4.69, 9.17) is 4.74 Å². The second-order valence-electron chi connectivity index (χ2n) is 6.26. The Morgan fingerprint density at radius 2 is 2.12 bits per heavy atom. The fourth-order valence-electron chi connectivity index (χ4n) is 4.06. The van der Waals surface area contributed by atoms with Crippen LogP contribution in [0, 0.1) is 11.8 Å². The van der Waals surface area contributed by atoms with Gasteiger partial charge in [-0.3, -0.25) is 0 Å². The van der Waals surface area contributed by atoms with Crippen molar-refractivity contribution in [2.24, 2.45) is 11.8 Å². The third-order valence-electron chi connectivity index (χ3n) is 4.79. The largest absolute Gasteiger partial charge is 0.375 e. The number of nitrogens with one attached hydrogen (secondary N) is 1. The molecule has 0 aromatic carbocycles. The zero-order valence-electron chi connectivity index (χ0n) is 11.8. The molecule has 2 fully saturated rings. The van der Waals surface area contributed by atoms with Gasteiger partial charge in [0.15, 0.2) is 0 Å². The molecule has 100 valence electrons. The first-order valence-corrected chi connectivity index (χ1v) is 7.55. The lowest BCUT2D eigenvalue weighted by molar-refractivity contribution is -0.153. The summed E-state index contributed by atoms with van der Waals surface area (Å²) < 4.78 is 6.32. The van der Waals surface area contributed by atoms with Gasteiger partial charge in [-0.25, -0.2) is 0 Å². The third kappa shape index (κ3) is 2.85. The maximum atomic E-state index is 6.32. The van der Waals surface area contributed by atoms with E-state index in [2.05, 4.69) is 26.1 Å². The second-order valence-corrected chi connectivity index (χ2v) is 6.26. The first kappa shape index (κ1) is 13.4. The Bertz CT molecular complexity index is 235. The van der Waals surface area contributed by atoms with E-state index in [0.29, 0.717) is 6.04 Å². The van der Waals surface area contributed by atoms with Crippen LogP contribution in [0.3, 0.4) is 0 Å². The number of ether oxygens (including phenoxy) is 1. The van der Waals surface area contributed by atoms with Gasteiger partial charge >= 0.3 is 0 Å². The lowest BCUT2D eigenvalue weighted by Crippen LogP contribution is -2.53. The fourth-order valence-corrected chi connectivity index (χ4v) is 4.06. The number of hydrogen-bond donors (Lipinski definition) is 1. The highest BCUT2D eigenvalue weighted by atomic mass is 16.5. The van der Waals surface area contributed by atoms with Gasteiger partial charge < -0.3 is 10.1 Å². The van der Waals surface area contributed by atoms with Crippen LogP contribution < -0.4 is 5.32 Å². The average Bonchev–Trinajstić information content (AvgIpc) is 2.30. The molecule has 1 aliphatic heterocycles. The zero-order valence-corrected chi connectivity index (χ0v) is 11.8. The summed E-state index contributed by atoms with van der Waals surface area (Å²) in [5.74, 6) is 1.54. The van der Waals surface area contributed by atoms with E-state index >= 15 is 0 Å². The molecule has 2 rings (SSSR count). The highest BCUT2D eigenvalue weighted by Crippen LogP contribution is 2.45. The van der Waals surface area contributed by atoms with Crippen LogP contribution >= 0.6 is 0 Å². The van der Waals surface area contributed by atoms with Crippen LogP contribution in [-0.4, -0.2) is 24.8 Å². The maximum Gasteiger partial charge on any atom is 0.0727 e. The standard InChI is InChI=1S/C15H29NO/c1-4-16-13-8-10-17-15(11-13)9-6-5-7-14(15)12(2)3/h12-14,16H,4-11H2,1-3H3. The molecule has 17 heavy (non-hydrogen) atoms. The fraction of sp³-hybridized carbons (Fsp3) is 1.00. The highest BCUT2D eigenvalue weighted by molar-refractivity contribution is 4.98. The number of rotatable bonds is 3. The smallest absolute Gasteiger partial charge is 0.0727 e. The minimum Gasteiger partial charge on any atom is -0.375 e. The first-order valence-electron chi connectivity index (χ1n) is 7.55. The molecule has 0 aromatic heterocycles. The van der Waals surface area contributed by atoms with E-state index in [1.165, 1.54) is 38.5 Å². The van der Waals surface area contributed by atoms with E-state index in [-0.39, 0.29) is 5.60 Å². The van der Waals surface area contributed by atoms with Gasteiger partial charge in [-0.05, 0) is 44.1 Å². The topological polar surface area (TPSA) is 21.3 Å². The molecule has 2 aliphatic rings. The SMILES string of the molecule is CCNC1CCOC2(CCCCC2C(C)C)C1. The van der Waals surface area contributed by atoms with Crippen molar-refractivity contribution in [3.05, 3.63) is 0 Å². The van der Waals surface area contributed by atoms with Crippen LogP contribution in [-0.2, 0) is 4.74 Å². The van der Waals surface area contributed by atoms with Gasteiger partial charge in [-0.15, -0.1) is 0 Å². The summed E-state index contributed by atoms with van der Waals surface area (Å²) >= 11 is 0. The van der Waals surface area contributed by atoms with Crippen LogP contribution in [0.5, 0.6) is 0 Å². The lowest BCUT2D eigenvalue weighted by Gasteiger charge is -2.50. The highest BCUT2D eigenvalue weighted by Gasteiger charge is 2.46. The molecule has 1 saturated heterocycles. The lowest BCUT2D eigenvalue weighted by atomic mass is 9.66. The van der Waals surface area contributed by atoms with Crippen molar-refractivity contribution in [3.63, 3.8) is 0 Å². The van der Waals surface area contributed by atoms with Gasteiger partial charge in [-0.1, -0.05) is 33.6 Å². The van der Waals surface area contributed by atoms with Crippen molar-refractivity contribution in [2.45, 2.75) is 70.9 Å². The molecule has 2 nitrogen and oxygen atoms in total. The van der Waals surface area contributed by atoms with E-state index in [9.17, 15) is 0 Å². The van der Waals surface area contributed by atoms with Crippen molar-refractivity contribution < 1.29 is 4.74 Å². The van der Waals surface area contributed by atoms with Crippen LogP contribution in [0.15, 0.2) is 0 Å². The average molecular weight is 239 g/mol. The molecule has 1 N–H and O–H groups in total. The molecule has 3 unspecified atom stereocenters. The molecular formula is C15H29NO. The second kappa shape index (κ2) is 5.71. The minimum atomic E-state index is 0.206. The molecule has 1 aliphatic carbocycles. The van der Waals surface area contributed by atoms with Gasteiger partial charge in [0.25, 0.3) is 0 Å². The molecule has 3 atom stereocenters. The molecule has 0 aromatic rings. The van der Waals surface area contributed by atoms with Crippen molar-refractivity contribution in [2.75, 3.05) is 13.2 Å². The third-order valence-corrected chi connectivity index (χ3v) is 4.79. The predicted molar refractivity (Wildman–Crippen MR) is 72.2 cm³/mol. The van der Waals surface area contributed by atoms with Gasteiger partial charge in [-0.2, -0.15) is 0 Å². The summed E-state index contributed by atoms with van der Waals surface area (Å²) in [5.41, 5.74) is 0.206. The summed E-state index contributed by atoms with van der Waals surface area (Å²) in [7, 11) is 0. The number of hydrogen-bond acceptors (Lipinski definition) is 2. The van der Waals surface area contributed by atoms with Crippen molar-refractivity contribution >= 4 is 0 Å². The van der Waals surface area contributed by atoms with Gasteiger partial charge in [0.05, 0.1) is 5.60 Å². The van der Waals surface area contributed by atoms with Crippen molar-refractivity contribution in [1.29, 1.82) is 0 Å². The molecular weight excluding hydrogens is 210 g/mol.